The Bertz CT molecular complexity index is 1400. The lowest BCUT2D eigenvalue weighted by molar-refractivity contribution is 0.0542. The summed E-state index contributed by atoms with van der Waals surface area (Å²) < 4.78 is 17.1. The molecule has 2 aliphatic rings. The molecule has 1 fully saturated rings. The number of carbonyl (C=O) groups is 1. The van der Waals surface area contributed by atoms with E-state index >= 15 is 0 Å². The van der Waals surface area contributed by atoms with Gasteiger partial charge in [-0.2, -0.15) is 0 Å². The third-order valence-corrected chi connectivity index (χ3v) is 7.36. The molecule has 0 aromatic heterocycles. The van der Waals surface area contributed by atoms with Crippen LogP contribution in [0.1, 0.15) is 34.3 Å². The van der Waals surface area contributed by atoms with Crippen LogP contribution in [0.3, 0.4) is 0 Å². The molecule has 1 amide bonds. The zero-order valence-corrected chi connectivity index (χ0v) is 21.9. The highest BCUT2D eigenvalue weighted by atomic mass is 16.7. The standard InChI is InChI=1S/C33H32N2O4/c36-33(27-14-15-31-32(21-27)38-24-37-31)35(28-16-18-34(19-17-28)22-25-8-3-1-4-9-25)23-26-10-7-13-30(20-26)39-29-11-5-2-6-12-29/h1-15,20-21,28H,16-19,22-24H2. The van der Waals surface area contributed by atoms with Gasteiger partial charge in [-0.15, -0.1) is 0 Å². The zero-order chi connectivity index (χ0) is 26.4. The van der Waals surface area contributed by atoms with E-state index in [4.69, 9.17) is 14.2 Å². The van der Waals surface area contributed by atoms with Gasteiger partial charge in [-0.3, -0.25) is 9.69 Å². The van der Waals surface area contributed by atoms with Crippen molar-refractivity contribution < 1.29 is 19.0 Å². The molecule has 0 N–H and O–H groups in total. The smallest absolute Gasteiger partial charge is 0.254 e. The van der Waals surface area contributed by atoms with Gasteiger partial charge in [-0.25, -0.2) is 0 Å². The largest absolute Gasteiger partial charge is 0.457 e. The molecule has 0 unspecified atom stereocenters. The SMILES string of the molecule is O=C(c1ccc2c(c1)OCO2)N(Cc1cccc(Oc2ccccc2)c1)C1CCN(Cc2ccccc2)CC1. The van der Waals surface area contributed by atoms with Gasteiger partial charge in [-0.1, -0.05) is 60.7 Å². The third-order valence-electron chi connectivity index (χ3n) is 7.36. The normalized spacial score (nSPS) is 15.2. The van der Waals surface area contributed by atoms with Crippen molar-refractivity contribution in [3.05, 3.63) is 120 Å². The Balaban J connectivity index is 1.21. The van der Waals surface area contributed by atoms with Crippen molar-refractivity contribution in [1.82, 2.24) is 9.80 Å². The van der Waals surface area contributed by atoms with E-state index in [1.54, 1.807) is 6.07 Å². The van der Waals surface area contributed by atoms with Crippen LogP contribution in [-0.4, -0.2) is 41.6 Å². The average molecular weight is 521 g/mol. The second kappa shape index (κ2) is 11.6. The fourth-order valence-corrected chi connectivity index (χ4v) is 5.32. The molecule has 0 spiro atoms. The van der Waals surface area contributed by atoms with Gasteiger partial charge in [0.1, 0.15) is 11.5 Å². The Labute approximate surface area is 229 Å². The van der Waals surface area contributed by atoms with E-state index in [1.807, 2.05) is 65.6 Å². The Morgan fingerprint density at radius 1 is 0.769 bits per heavy atom. The van der Waals surface area contributed by atoms with Crippen LogP contribution in [0.25, 0.3) is 0 Å². The number of ether oxygens (including phenoxy) is 3. The molecule has 39 heavy (non-hydrogen) atoms. The van der Waals surface area contributed by atoms with Gasteiger partial charge in [-0.05, 0) is 66.4 Å². The molecule has 0 atom stereocenters. The number of rotatable bonds is 8. The molecule has 6 nitrogen and oxygen atoms in total. The van der Waals surface area contributed by atoms with E-state index in [0.29, 0.717) is 23.6 Å². The van der Waals surface area contributed by atoms with E-state index in [-0.39, 0.29) is 18.7 Å². The number of hydrogen-bond acceptors (Lipinski definition) is 5. The molecule has 198 valence electrons. The third kappa shape index (κ3) is 6.07. The number of benzene rings is 4. The molecular weight excluding hydrogens is 488 g/mol. The highest BCUT2D eigenvalue weighted by Crippen LogP contribution is 2.34. The van der Waals surface area contributed by atoms with Gasteiger partial charge >= 0.3 is 0 Å². The fraction of sp³-hybridized carbons (Fsp3) is 0.242. The molecule has 4 aromatic rings. The first kappa shape index (κ1) is 25.0. The van der Waals surface area contributed by atoms with Crippen LogP contribution in [0.5, 0.6) is 23.0 Å². The summed E-state index contributed by atoms with van der Waals surface area (Å²) in [5, 5.41) is 0. The fourth-order valence-electron chi connectivity index (χ4n) is 5.32. The number of hydrogen-bond donors (Lipinski definition) is 0. The summed E-state index contributed by atoms with van der Waals surface area (Å²) in [6.07, 6.45) is 1.84. The number of carbonyl (C=O) groups excluding carboxylic acids is 1. The minimum Gasteiger partial charge on any atom is -0.457 e. The van der Waals surface area contributed by atoms with Gasteiger partial charge in [0.05, 0.1) is 0 Å². The van der Waals surface area contributed by atoms with Crippen LogP contribution >= 0.6 is 0 Å². The summed E-state index contributed by atoms with van der Waals surface area (Å²) in [6, 6.07) is 33.9. The maximum atomic E-state index is 14.0. The van der Waals surface area contributed by atoms with Gasteiger partial charge in [0.15, 0.2) is 11.5 Å². The molecule has 2 heterocycles. The second-order valence-corrected chi connectivity index (χ2v) is 10.1. The summed E-state index contributed by atoms with van der Waals surface area (Å²) >= 11 is 0. The molecule has 1 saturated heterocycles. The first-order chi connectivity index (χ1) is 19.2. The minimum atomic E-state index is 0.00388. The second-order valence-electron chi connectivity index (χ2n) is 10.1. The van der Waals surface area contributed by atoms with Crippen molar-refractivity contribution in [2.75, 3.05) is 19.9 Å². The topological polar surface area (TPSA) is 51.2 Å². The summed E-state index contributed by atoms with van der Waals surface area (Å²) in [7, 11) is 0. The van der Waals surface area contributed by atoms with Crippen LogP contribution < -0.4 is 14.2 Å². The molecule has 2 aliphatic heterocycles. The number of fused-ring (bicyclic) bond motifs is 1. The maximum Gasteiger partial charge on any atom is 0.254 e. The highest BCUT2D eigenvalue weighted by molar-refractivity contribution is 5.95. The summed E-state index contributed by atoms with van der Waals surface area (Å²) in [5.74, 6) is 2.85. The van der Waals surface area contributed by atoms with Crippen LogP contribution in [0.2, 0.25) is 0 Å². The van der Waals surface area contributed by atoms with Gasteiger partial charge < -0.3 is 19.1 Å². The van der Waals surface area contributed by atoms with Crippen LogP contribution in [0.4, 0.5) is 0 Å². The van der Waals surface area contributed by atoms with E-state index in [0.717, 1.165) is 49.5 Å². The quantitative estimate of drug-likeness (QED) is 0.265. The highest BCUT2D eigenvalue weighted by Gasteiger charge is 2.30. The Morgan fingerprint density at radius 3 is 2.26 bits per heavy atom. The maximum absolute atomic E-state index is 14.0. The zero-order valence-electron chi connectivity index (χ0n) is 21.9. The van der Waals surface area contributed by atoms with Gasteiger partial charge in [0.2, 0.25) is 6.79 Å². The molecule has 0 aliphatic carbocycles. The summed E-state index contributed by atoms with van der Waals surface area (Å²) in [5.41, 5.74) is 2.96. The van der Waals surface area contributed by atoms with E-state index in [1.165, 1.54) is 5.56 Å². The summed E-state index contributed by atoms with van der Waals surface area (Å²) in [6.45, 7) is 3.51. The molecule has 0 bridgehead atoms. The Morgan fingerprint density at radius 2 is 1.46 bits per heavy atom. The number of nitrogens with zero attached hydrogens (tertiary/aromatic N) is 2. The van der Waals surface area contributed by atoms with Crippen molar-refractivity contribution >= 4 is 5.91 Å². The molecule has 4 aromatic carbocycles. The van der Waals surface area contributed by atoms with Crippen LogP contribution in [-0.2, 0) is 13.1 Å². The minimum absolute atomic E-state index is 0.00388. The number of likely N-dealkylation sites (tertiary alicyclic amines) is 1. The lowest BCUT2D eigenvalue weighted by Crippen LogP contribution is -2.46. The van der Waals surface area contributed by atoms with E-state index in [2.05, 4.69) is 41.3 Å². The first-order valence-electron chi connectivity index (χ1n) is 13.5. The molecule has 0 saturated carbocycles. The first-order valence-corrected chi connectivity index (χ1v) is 13.5. The molecule has 6 rings (SSSR count). The van der Waals surface area contributed by atoms with E-state index in [9.17, 15) is 4.79 Å². The molecule has 0 radical (unpaired) electrons. The lowest BCUT2D eigenvalue weighted by Gasteiger charge is -2.39. The molecule has 6 heteroatoms. The Hall–Kier alpha value is -4.29. The monoisotopic (exact) mass is 520 g/mol. The van der Waals surface area contributed by atoms with Crippen molar-refractivity contribution in [2.45, 2.75) is 32.0 Å². The Kier molecular flexibility index (Phi) is 7.45. The predicted octanol–water partition coefficient (Wildman–Crippen LogP) is 6.51. The van der Waals surface area contributed by atoms with Gasteiger partial charge in [0.25, 0.3) is 5.91 Å². The molecular formula is C33H32N2O4. The van der Waals surface area contributed by atoms with Crippen molar-refractivity contribution in [1.29, 1.82) is 0 Å². The van der Waals surface area contributed by atoms with E-state index < -0.39 is 0 Å². The van der Waals surface area contributed by atoms with Crippen LogP contribution in [0, 0.1) is 0 Å². The summed E-state index contributed by atoms with van der Waals surface area (Å²) in [4.78, 5) is 18.5. The van der Waals surface area contributed by atoms with Crippen molar-refractivity contribution in [3.8, 4) is 23.0 Å². The van der Waals surface area contributed by atoms with Crippen LogP contribution in [0.15, 0.2) is 103 Å². The van der Waals surface area contributed by atoms with Crippen molar-refractivity contribution in [2.24, 2.45) is 0 Å². The number of amides is 1. The van der Waals surface area contributed by atoms with Crippen molar-refractivity contribution in [3.63, 3.8) is 0 Å². The van der Waals surface area contributed by atoms with Gasteiger partial charge in [0, 0.05) is 37.8 Å². The lowest BCUT2D eigenvalue weighted by atomic mass is 10.00. The average Bonchev–Trinajstić information content (AvgIpc) is 3.46. The predicted molar refractivity (Wildman–Crippen MR) is 150 cm³/mol. The number of piperidine rings is 1. The number of para-hydroxylation sites is 1.